The molecular formula is C22H36N2O4. The van der Waals surface area contributed by atoms with E-state index in [0.717, 1.165) is 50.7 Å². The zero-order valence-electron chi connectivity index (χ0n) is 17.8. The van der Waals surface area contributed by atoms with Crippen molar-refractivity contribution in [2.24, 2.45) is 5.92 Å². The first kappa shape index (κ1) is 22.7. The first-order chi connectivity index (χ1) is 13.4. The molecule has 0 spiro atoms. The van der Waals surface area contributed by atoms with Gasteiger partial charge in [-0.3, -0.25) is 9.69 Å². The van der Waals surface area contributed by atoms with E-state index in [2.05, 4.69) is 24.1 Å². The summed E-state index contributed by atoms with van der Waals surface area (Å²) in [5.41, 5.74) is -0.0714. The van der Waals surface area contributed by atoms with Crippen LogP contribution in [0.1, 0.15) is 40.5 Å². The number of hydrogen-bond acceptors (Lipinski definition) is 5. The van der Waals surface area contributed by atoms with E-state index in [1.54, 1.807) is 0 Å². The third-order valence-electron chi connectivity index (χ3n) is 4.79. The maximum absolute atomic E-state index is 12.8. The van der Waals surface area contributed by atoms with Crippen molar-refractivity contribution in [2.75, 3.05) is 51.4 Å². The number of nitrogens with one attached hydrogen (secondary N) is 1. The number of benzene rings is 1. The molecule has 1 aromatic rings. The smallest absolute Gasteiger partial charge is 0.256 e. The highest BCUT2D eigenvalue weighted by Gasteiger charge is 2.34. The molecule has 0 unspecified atom stereocenters. The van der Waals surface area contributed by atoms with E-state index in [-0.39, 0.29) is 5.91 Å². The fourth-order valence-electron chi connectivity index (χ4n) is 3.34. The van der Waals surface area contributed by atoms with Gasteiger partial charge in [-0.1, -0.05) is 20.8 Å². The predicted molar refractivity (Wildman–Crippen MR) is 112 cm³/mol. The van der Waals surface area contributed by atoms with Crippen molar-refractivity contribution < 1.29 is 19.0 Å². The van der Waals surface area contributed by atoms with Crippen LogP contribution in [0.4, 0.5) is 5.69 Å². The van der Waals surface area contributed by atoms with Gasteiger partial charge in [-0.25, -0.2) is 0 Å². The topological polar surface area (TPSA) is 60.0 Å². The van der Waals surface area contributed by atoms with Crippen molar-refractivity contribution in [1.82, 2.24) is 4.90 Å². The van der Waals surface area contributed by atoms with Gasteiger partial charge in [0.2, 0.25) is 0 Å². The summed E-state index contributed by atoms with van der Waals surface area (Å²) in [5, 5.41) is 2.99. The Kier molecular flexibility index (Phi) is 9.22. The third-order valence-corrected chi connectivity index (χ3v) is 4.79. The van der Waals surface area contributed by atoms with Crippen LogP contribution in [0.5, 0.6) is 5.75 Å². The zero-order chi connectivity index (χ0) is 20.4. The third kappa shape index (κ3) is 7.41. The van der Waals surface area contributed by atoms with Gasteiger partial charge in [0, 0.05) is 31.9 Å². The van der Waals surface area contributed by atoms with Gasteiger partial charge in [-0.2, -0.15) is 0 Å². The normalized spacial score (nSPS) is 17.3. The van der Waals surface area contributed by atoms with Crippen LogP contribution in [0.25, 0.3) is 0 Å². The molecule has 1 aromatic carbocycles. The number of morpholine rings is 1. The summed E-state index contributed by atoms with van der Waals surface area (Å²) in [5.74, 6) is 1.07. The Hall–Kier alpha value is -1.63. The zero-order valence-corrected chi connectivity index (χ0v) is 17.8. The number of nitrogens with zero attached hydrogens (tertiary/aromatic N) is 1. The Morgan fingerprint density at radius 2 is 1.89 bits per heavy atom. The van der Waals surface area contributed by atoms with Crippen molar-refractivity contribution in [2.45, 2.75) is 46.1 Å². The van der Waals surface area contributed by atoms with E-state index in [9.17, 15) is 4.79 Å². The predicted octanol–water partition coefficient (Wildman–Crippen LogP) is 3.57. The molecule has 6 nitrogen and oxygen atoms in total. The highest BCUT2D eigenvalue weighted by atomic mass is 16.5. The summed E-state index contributed by atoms with van der Waals surface area (Å²) in [7, 11) is 0. The molecule has 1 heterocycles. The van der Waals surface area contributed by atoms with Gasteiger partial charge in [0.05, 0.1) is 13.2 Å². The molecule has 0 radical (unpaired) electrons. The summed E-state index contributed by atoms with van der Waals surface area (Å²) in [6, 6.07) is 7.53. The van der Waals surface area contributed by atoms with Crippen LogP contribution in [0.3, 0.4) is 0 Å². The molecule has 1 atom stereocenters. The largest absolute Gasteiger partial charge is 0.492 e. The van der Waals surface area contributed by atoms with Crippen molar-refractivity contribution in [3.63, 3.8) is 0 Å². The quantitative estimate of drug-likeness (QED) is 0.624. The molecule has 0 saturated carbocycles. The summed E-state index contributed by atoms with van der Waals surface area (Å²) < 4.78 is 17.1. The number of amides is 1. The van der Waals surface area contributed by atoms with Crippen LogP contribution in [-0.4, -0.2) is 62.5 Å². The SMILES string of the molecule is CCCO[C@](C)(CC(C)C)C(=O)Nc1ccc(OCCN2CCOCC2)cc1. The lowest BCUT2D eigenvalue weighted by Crippen LogP contribution is -2.44. The number of anilines is 1. The number of hydrogen-bond donors (Lipinski definition) is 1. The van der Waals surface area contributed by atoms with E-state index in [1.807, 2.05) is 38.1 Å². The van der Waals surface area contributed by atoms with Crippen LogP contribution < -0.4 is 10.1 Å². The molecule has 0 aliphatic carbocycles. The molecule has 1 amide bonds. The maximum atomic E-state index is 12.8. The summed E-state index contributed by atoms with van der Waals surface area (Å²) in [4.78, 5) is 15.2. The lowest BCUT2D eigenvalue weighted by atomic mass is 9.93. The maximum Gasteiger partial charge on any atom is 0.256 e. The van der Waals surface area contributed by atoms with Crippen molar-refractivity contribution in [3.05, 3.63) is 24.3 Å². The molecule has 158 valence electrons. The van der Waals surface area contributed by atoms with Crippen LogP contribution in [0.15, 0.2) is 24.3 Å². The minimum Gasteiger partial charge on any atom is -0.492 e. The van der Waals surface area contributed by atoms with Crippen LogP contribution in [-0.2, 0) is 14.3 Å². The Morgan fingerprint density at radius 1 is 1.21 bits per heavy atom. The minimum atomic E-state index is -0.822. The van der Waals surface area contributed by atoms with E-state index in [1.165, 1.54) is 0 Å². The standard InChI is InChI=1S/C22H36N2O4/c1-5-13-28-22(4,17-18(2)3)21(25)23-19-6-8-20(9-7-19)27-16-12-24-10-14-26-15-11-24/h6-9,18H,5,10-17H2,1-4H3,(H,23,25)/t22-/m1/s1. The van der Waals surface area contributed by atoms with Crippen LogP contribution >= 0.6 is 0 Å². The molecule has 1 N–H and O–H groups in total. The van der Waals surface area contributed by atoms with Gasteiger partial charge in [-0.15, -0.1) is 0 Å². The molecule has 1 aliphatic rings. The second-order valence-electron chi connectivity index (χ2n) is 7.96. The van der Waals surface area contributed by atoms with Crippen LogP contribution in [0, 0.1) is 5.92 Å². The van der Waals surface area contributed by atoms with Gasteiger partial charge in [0.1, 0.15) is 18.0 Å². The van der Waals surface area contributed by atoms with Gasteiger partial charge in [0.15, 0.2) is 0 Å². The van der Waals surface area contributed by atoms with E-state index < -0.39 is 5.60 Å². The van der Waals surface area contributed by atoms with Crippen molar-refractivity contribution in [1.29, 1.82) is 0 Å². The average Bonchev–Trinajstić information content (AvgIpc) is 2.68. The van der Waals surface area contributed by atoms with Crippen LogP contribution in [0.2, 0.25) is 0 Å². The van der Waals surface area contributed by atoms with Gasteiger partial charge >= 0.3 is 0 Å². The molecule has 2 rings (SSSR count). The molecule has 0 bridgehead atoms. The second kappa shape index (κ2) is 11.4. The highest BCUT2D eigenvalue weighted by molar-refractivity contribution is 5.97. The average molecular weight is 393 g/mol. The Morgan fingerprint density at radius 3 is 2.50 bits per heavy atom. The number of ether oxygens (including phenoxy) is 3. The number of rotatable bonds is 11. The number of carbonyl (C=O) groups is 1. The first-order valence-corrected chi connectivity index (χ1v) is 10.4. The fraction of sp³-hybridized carbons (Fsp3) is 0.682. The van der Waals surface area contributed by atoms with Gasteiger partial charge in [0.25, 0.3) is 5.91 Å². The monoisotopic (exact) mass is 392 g/mol. The summed E-state index contributed by atoms with van der Waals surface area (Å²) >= 11 is 0. The molecule has 0 aromatic heterocycles. The molecule has 1 aliphatic heterocycles. The van der Waals surface area contributed by atoms with E-state index in [0.29, 0.717) is 25.6 Å². The molecule has 28 heavy (non-hydrogen) atoms. The molecular weight excluding hydrogens is 356 g/mol. The Labute approximate surface area is 169 Å². The number of carbonyl (C=O) groups excluding carboxylic acids is 1. The van der Waals surface area contributed by atoms with Gasteiger partial charge < -0.3 is 19.5 Å². The minimum absolute atomic E-state index is 0.101. The first-order valence-electron chi connectivity index (χ1n) is 10.4. The Bertz CT molecular complexity index is 585. The molecule has 6 heteroatoms. The molecule has 1 fully saturated rings. The summed E-state index contributed by atoms with van der Waals surface area (Å²) in [6.07, 6.45) is 1.57. The van der Waals surface area contributed by atoms with Crippen molar-refractivity contribution >= 4 is 11.6 Å². The van der Waals surface area contributed by atoms with Gasteiger partial charge in [-0.05, 0) is 49.9 Å². The second-order valence-corrected chi connectivity index (χ2v) is 7.96. The molecule has 1 saturated heterocycles. The fourth-order valence-corrected chi connectivity index (χ4v) is 3.34. The lowest BCUT2D eigenvalue weighted by molar-refractivity contribution is -0.141. The van der Waals surface area contributed by atoms with Crippen molar-refractivity contribution in [3.8, 4) is 5.75 Å². The Balaban J connectivity index is 1.84. The summed E-state index contributed by atoms with van der Waals surface area (Å²) in [6.45, 7) is 13.8. The highest BCUT2D eigenvalue weighted by Crippen LogP contribution is 2.24. The van der Waals surface area contributed by atoms with E-state index in [4.69, 9.17) is 14.2 Å². The lowest BCUT2D eigenvalue weighted by Gasteiger charge is -2.30. The van der Waals surface area contributed by atoms with E-state index >= 15 is 0 Å².